The highest BCUT2D eigenvalue weighted by molar-refractivity contribution is 6.22. The van der Waals surface area contributed by atoms with Crippen LogP contribution in [0.1, 0.15) is 5.56 Å². The van der Waals surface area contributed by atoms with Crippen molar-refractivity contribution in [2.24, 2.45) is 11.5 Å². The Kier molecular flexibility index (Phi) is 3.17. The molecule has 0 aliphatic carbocycles. The number of nitrogens with two attached hydrogens (primary N) is 2. The summed E-state index contributed by atoms with van der Waals surface area (Å²) in [6.07, 6.45) is 0.912. The molecule has 0 radical (unpaired) electrons. The predicted octanol–water partition coefficient (Wildman–Crippen LogP) is 0.180. The maximum atomic E-state index is 12.6. The van der Waals surface area contributed by atoms with Crippen LogP contribution in [0.25, 0.3) is 5.57 Å². The van der Waals surface area contributed by atoms with Gasteiger partial charge in [0.2, 0.25) is 11.8 Å². The van der Waals surface area contributed by atoms with Crippen LogP contribution in [-0.2, 0) is 9.59 Å². The molecule has 1 aromatic rings. The second-order valence-electron chi connectivity index (χ2n) is 2.83. The number of primary amides is 2. The van der Waals surface area contributed by atoms with Crippen molar-refractivity contribution in [3.8, 4) is 0 Å². The second kappa shape index (κ2) is 4.36. The fourth-order valence-electron chi connectivity index (χ4n) is 1.07. The average molecular weight is 208 g/mol. The first-order valence-electron chi connectivity index (χ1n) is 4.07. The van der Waals surface area contributed by atoms with Gasteiger partial charge < -0.3 is 11.5 Å². The monoisotopic (exact) mass is 208 g/mol. The van der Waals surface area contributed by atoms with Gasteiger partial charge in [0, 0.05) is 6.08 Å². The molecule has 0 aliphatic heterocycles. The van der Waals surface area contributed by atoms with Crippen molar-refractivity contribution in [3.05, 3.63) is 41.7 Å². The number of benzene rings is 1. The van der Waals surface area contributed by atoms with Gasteiger partial charge in [-0.05, 0) is 17.7 Å². The van der Waals surface area contributed by atoms with E-state index < -0.39 is 17.6 Å². The van der Waals surface area contributed by atoms with Gasteiger partial charge in [-0.1, -0.05) is 12.1 Å². The summed E-state index contributed by atoms with van der Waals surface area (Å²) in [5, 5.41) is 0. The molecule has 0 spiro atoms. The van der Waals surface area contributed by atoms with E-state index in [-0.39, 0.29) is 5.57 Å². The standard InChI is InChI=1S/C10H9FN2O2/c11-7-3-1-6(2-4-7)8(10(13)15)5-9(12)14/h1-5H,(H2,12,14)(H2,13,15)/b8-5-. The van der Waals surface area contributed by atoms with Gasteiger partial charge in [0.15, 0.2) is 0 Å². The Morgan fingerprint density at radius 3 is 2.07 bits per heavy atom. The van der Waals surface area contributed by atoms with Crippen LogP contribution in [0.2, 0.25) is 0 Å². The van der Waals surface area contributed by atoms with E-state index in [9.17, 15) is 14.0 Å². The third kappa shape index (κ3) is 2.91. The Balaban J connectivity index is 3.16. The average Bonchev–Trinajstić information content (AvgIpc) is 2.15. The second-order valence-corrected chi connectivity index (χ2v) is 2.83. The van der Waals surface area contributed by atoms with Crippen LogP contribution in [0.15, 0.2) is 30.3 Å². The lowest BCUT2D eigenvalue weighted by atomic mass is 10.1. The molecule has 0 fully saturated rings. The Hall–Kier alpha value is -2.17. The number of amides is 2. The molecule has 0 saturated carbocycles. The summed E-state index contributed by atoms with van der Waals surface area (Å²) < 4.78 is 12.6. The molecule has 0 aromatic heterocycles. The summed E-state index contributed by atoms with van der Waals surface area (Å²) >= 11 is 0. The molecule has 5 heteroatoms. The number of hydrogen-bond acceptors (Lipinski definition) is 2. The molecular formula is C10H9FN2O2. The van der Waals surface area contributed by atoms with E-state index >= 15 is 0 Å². The molecule has 0 unspecified atom stereocenters. The number of carbonyl (C=O) groups is 2. The Morgan fingerprint density at radius 2 is 1.67 bits per heavy atom. The van der Waals surface area contributed by atoms with E-state index in [2.05, 4.69) is 0 Å². The van der Waals surface area contributed by atoms with E-state index in [1.807, 2.05) is 0 Å². The van der Waals surface area contributed by atoms with Crippen molar-refractivity contribution in [3.63, 3.8) is 0 Å². The quantitative estimate of drug-likeness (QED) is 0.694. The molecule has 2 amide bonds. The van der Waals surface area contributed by atoms with E-state index in [0.29, 0.717) is 5.56 Å². The molecule has 0 heterocycles. The van der Waals surface area contributed by atoms with Crippen LogP contribution < -0.4 is 11.5 Å². The highest BCUT2D eigenvalue weighted by Gasteiger charge is 2.09. The van der Waals surface area contributed by atoms with Crippen LogP contribution >= 0.6 is 0 Å². The van der Waals surface area contributed by atoms with Crippen LogP contribution in [0, 0.1) is 5.82 Å². The smallest absolute Gasteiger partial charge is 0.249 e. The number of carbonyl (C=O) groups excluding carboxylic acids is 2. The first kappa shape index (κ1) is 10.9. The minimum Gasteiger partial charge on any atom is -0.366 e. The molecular weight excluding hydrogens is 199 g/mol. The SMILES string of the molecule is NC(=O)/C=C(\C(N)=O)c1ccc(F)cc1. The molecule has 4 N–H and O–H groups in total. The fraction of sp³-hybridized carbons (Fsp3) is 0. The van der Waals surface area contributed by atoms with Crippen LogP contribution in [0.3, 0.4) is 0 Å². The van der Waals surface area contributed by atoms with Gasteiger partial charge in [-0.25, -0.2) is 4.39 Å². The lowest BCUT2D eigenvalue weighted by Gasteiger charge is -2.02. The highest BCUT2D eigenvalue weighted by Crippen LogP contribution is 2.14. The Morgan fingerprint density at radius 1 is 1.13 bits per heavy atom. The van der Waals surface area contributed by atoms with Crippen molar-refractivity contribution in [1.29, 1.82) is 0 Å². The van der Waals surface area contributed by atoms with Gasteiger partial charge in [0.25, 0.3) is 0 Å². The molecule has 4 nitrogen and oxygen atoms in total. The maximum absolute atomic E-state index is 12.6. The van der Waals surface area contributed by atoms with Gasteiger partial charge in [0.05, 0.1) is 5.57 Å². The third-order valence-electron chi connectivity index (χ3n) is 1.71. The summed E-state index contributed by atoms with van der Waals surface area (Å²) in [5.74, 6) is -2.02. The minimum atomic E-state index is -0.791. The van der Waals surface area contributed by atoms with Gasteiger partial charge >= 0.3 is 0 Å². The third-order valence-corrected chi connectivity index (χ3v) is 1.71. The predicted molar refractivity (Wildman–Crippen MR) is 52.8 cm³/mol. The molecule has 0 bridgehead atoms. The van der Waals surface area contributed by atoms with Crippen molar-refractivity contribution in [1.82, 2.24) is 0 Å². The van der Waals surface area contributed by atoms with Gasteiger partial charge in [-0.2, -0.15) is 0 Å². The topological polar surface area (TPSA) is 86.2 Å². The molecule has 0 saturated heterocycles. The van der Waals surface area contributed by atoms with E-state index in [4.69, 9.17) is 11.5 Å². The van der Waals surface area contributed by atoms with Crippen molar-refractivity contribution in [2.75, 3.05) is 0 Å². The van der Waals surface area contributed by atoms with E-state index in [1.54, 1.807) is 0 Å². The Labute approximate surface area is 85.4 Å². The zero-order chi connectivity index (χ0) is 11.4. The summed E-state index contributed by atoms with van der Waals surface area (Å²) in [5.41, 5.74) is 10.3. The first-order valence-corrected chi connectivity index (χ1v) is 4.07. The number of halogens is 1. The van der Waals surface area contributed by atoms with Crippen LogP contribution in [0.5, 0.6) is 0 Å². The number of rotatable bonds is 3. The highest BCUT2D eigenvalue weighted by atomic mass is 19.1. The van der Waals surface area contributed by atoms with Gasteiger partial charge in [0.1, 0.15) is 5.82 Å². The largest absolute Gasteiger partial charge is 0.366 e. The molecule has 15 heavy (non-hydrogen) atoms. The lowest BCUT2D eigenvalue weighted by Crippen LogP contribution is -2.16. The fourth-order valence-corrected chi connectivity index (χ4v) is 1.07. The van der Waals surface area contributed by atoms with Crippen LogP contribution in [-0.4, -0.2) is 11.8 Å². The zero-order valence-corrected chi connectivity index (χ0v) is 7.74. The minimum absolute atomic E-state index is 0.0394. The van der Waals surface area contributed by atoms with Crippen LogP contribution in [0.4, 0.5) is 4.39 Å². The molecule has 78 valence electrons. The molecule has 0 atom stereocenters. The van der Waals surface area contributed by atoms with Gasteiger partial charge in [-0.3, -0.25) is 9.59 Å². The van der Waals surface area contributed by atoms with Crippen molar-refractivity contribution in [2.45, 2.75) is 0 Å². The summed E-state index contributed by atoms with van der Waals surface area (Å²) in [6, 6.07) is 5.00. The molecule has 1 rings (SSSR count). The normalized spacial score (nSPS) is 11.1. The molecule has 0 aliphatic rings. The maximum Gasteiger partial charge on any atom is 0.249 e. The zero-order valence-electron chi connectivity index (χ0n) is 7.74. The molecule has 1 aromatic carbocycles. The van der Waals surface area contributed by atoms with E-state index in [1.165, 1.54) is 12.1 Å². The Bertz CT molecular complexity index is 424. The lowest BCUT2D eigenvalue weighted by molar-refractivity contribution is -0.115. The van der Waals surface area contributed by atoms with Gasteiger partial charge in [-0.15, -0.1) is 0 Å². The number of hydrogen-bond donors (Lipinski definition) is 2. The summed E-state index contributed by atoms with van der Waals surface area (Å²) in [4.78, 5) is 21.6. The first-order chi connectivity index (χ1) is 7.00. The summed E-state index contributed by atoms with van der Waals surface area (Å²) in [6.45, 7) is 0. The van der Waals surface area contributed by atoms with E-state index in [0.717, 1.165) is 18.2 Å². The van der Waals surface area contributed by atoms with Crippen molar-refractivity contribution < 1.29 is 14.0 Å². The van der Waals surface area contributed by atoms with Crippen molar-refractivity contribution >= 4 is 17.4 Å². The summed E-state index contributed by atoms with van der Waals surface area (Å²) in [7, 11) is 0.